The second kappa shape index (κ2) is 15.5. The standard InChI is InChI=1S/C37H31Cl2FN4O9.CH4/c1-4-53-22-8-5-7-20(14-22)18-42-30(17-31(45)25-13-19(2)24(35(46)52-3)16-29(25)43(48)49)34(44(50)51)32(23-9-6-10-27(39)33(23)40)37(42)26-12-11-21(38)15-28(26)41-36(37)47;/h5-16,30,32,34H,4,17-18H2,1-3H3,(H,41,47);1H4/t30-,32-,34?,37+;/m0./s1. The third kappa shape index (κ3) is 6.65. The van der Waals surface area contributed by atoms with Gasteiger partial charge in [-0.1, -0.05) is 61.0 Å². The number of amides is 1. The zero-order valence-corrected chi connectivity index (χ0v) is 29.9. The molecule has 0 bridgehead atoms. The van der Waals surface area contributed by atoms with Gasteiger partial charge in [0.25, 0.3) is 11.6 Å². The van der Waals surface area contributed by atoms with Crippen LogP contribution in [0.25, 0.3) is 0 Å². The molecule has 6 rings (SSSR count). The van der Waals surface area contributed by atoms with E-state index >= 15 is 4.39 Å². The largest absolute Gasteiger partial charge is 0.494 e. The quantitative estimate of drug-likeness (QED) is 0.0683. The fraction of sp³-hybridized carbons (Fsp3) is 0.289. The average molecular weight is 782 g/mol. The number of aryl methyl sites for hydroxylation is 1. The van der Waals surface area contributed by atoms with E-state index in [1.807, 2.05) is 0 Å². The van der Waals surface area contributed by atoms with E-state index in [1.165, 1.54) is 48.2 Å². The Hall–Kier alpha value is -5.44. The fourth-order valence-corrected chi connectivity index (χ4v) is 8.04. The van der Waals surface area contributed by atoms with Crippen molar-refractivity contribution in [2.24, 2.45) is 0 Å². The van der Waals surface area contributed by atoms with Crippen LogP contribution < -0.4 is 10.1 Å². The van der Waals surface area contributed by atoms with Gasteiger partial charge in [0.1, 0.15) is 17.1 Å². The highest BCUT2D eigenvalue weighted by molar-refractivity contribution is 6.31. The highest BCUT2D eigenvalue weighted by atomic mass is 35.5. The predicted octanol–water partition coefficient (Wildman–Crippen LogP) is 7.90. The number of carbonyl (C=O) groups excluding carboxylic acids is 3. The molecule has 54 heavy (non-hydrogen) atoms. The third-order valence-electron chi connectivity index (χ3n) is 9.79. The van der Waals surface area contributed by atoms with Crippen LogP contribution in [-0.2, 0) is 21.6 Å². The van der Waals surface area contributed by atoms with Gasteiger partial charge in [0.05, 0.1) is 46.7 Å². The van der Waals surface area contributed by atoms with Gasteiger partial charge in [-0.05, 0) is 61.4 Å². The lowest BCUT2D eigenvalue weighted by atomic mass is 9.73. The number of nitrogens with zero attached hydrogens (tertiary/aromatic N) is 3. The number of halogens is 3. The van der Waals surface area contributed by atoms with E-state index < -0.39 is 74.5 Å². The van der Waals surface area contributed by atoms with Crippen molar-refractivity contribution in [1.82, 2.24) is 4.90 Å². The number of benzene rings is 4. The first-order valence-electron chi connectivity index (χ1n) is 16.3. The lowest BCUT2D eigenvalue weighted by Gasteiger charge is -2.38. The lowest BCUT2D eigenvalue weighted by Crippen LogP contribution is -2.52. The van der Waals surface area contributed by atoms with E-state index in [0.717, 1.165) is 19.2 Å². The topological polar surface area (TPSA) is 171 Å². The van der Waals surface area contributed by atoms with Crippen LogP contribution in [0.4, 0.5) is 15.8 Å². The van der Waals surface area contributed by atoms with Crippen molar-refractivity contribution < 1.29 is 38.1 Å². The van der Waals surface area contributed by atoms with Crippen molar-refractivity contribution in [3.05, 3.63) is 142 Å². The first-order valence-corrected chi connectivity index (χ1v) is 17.1. The Morgan fingerprint density at radius 3 is 2.41 bits per heavy atom. The molecule has 0 aliphatic carbocycles. The number of anilines is 1. The van der Waals surface area contributed by atoms with Crippen molar-refractivity contribution in [2.45, 2.75) is 57.8 Å². The molecule has 1 spiro atoms. The molecule has 4 aromatic rings. The zero-order valence-electron chi connectivity index (χ0n) is 28.4. The van der Waals surface area contributed by atoms with Crippen LogP contribution in [0.5, 0.6) is 5.75 Å². The molecule has 2 aliphatic rings. The number of hydrogen-bond donors (Lipinski definition) is 1. The summed E-state index contributed by atoms with van der Waals surface area (Å²) in [6.07, 6.45) is -0.731. The second-order valence-corrected chi connectivity index (χ2v) is 13.5. The van der Waals surface area contributed by atoms with Crippen molar-refractivity contribution in [3.63, 3.8) is 0 Å². The molecule has 13 nitrogen and oxygen atoms in total. The molecule has 0 radical (unpaired) electrons. The number of fused-ring (bicyclic) bond motifs is 2. The van der Waals surface area contributed by atoms with E-state index in [1.54, 1.807) is 31.2 Å². The number of nitro groups is 2. The van der Waals surface area contributed by atoms with Gasteiger partial charge in [0, 0.05) is 45.8 Å². The summed E-state index contributed by atoms with van der Waals surface area (Å²) >= 11 is 12.6. The van der Waals surface area contributed by atoms with Crippen molar-refractivity contribution >= 4 is 52.2 Å². The molecule has 2 aliphatic heterocycles. The Labute approximate surface area is 319 Å². The maximum absolute atomic E-state index is 16.2. The minimum atomic E-state index is -2.04. The van der Waals surface area contributed by atoms with Crippen LogP contribution in [0.15, 0.2) is 72.8 Å². The summed E-state index contributed by atoms with van der Waals surface area (Å²) in [4.78, 5) is 67.1. The summed E-state index contributed by atoms with van der Waals surface area (Å²) in [6.45, 7) is 3.38. The van der Waals surface area contributed by atoms with E-state index in [2.05, 4.69) is 5.32 Å². The Kier molecular flexibility index (Phi) is 11.4. The summed E-state index contributed by atoms with van der Waals surface area (Å²) in [6, 6.07) is 14.0. The number of ketones is 1. The van der Waals surface area contributed by atoms with Crippen molar-refractivity contribution in [2.75, 3.05) is 19.0 Å². The minimum Gasteiger partial charge on any atom is -0.494 e. The SMILES string of the molecule is C.CCOc1cccc(CN2[C@@H](CC(=O)c3cc(C)c(C(=O)OC)cc3[N+](=O)[O-])C([N+](=O)[O-])[C@H](c3cccc(Cl)c3F)[C@]23C(=O)Nc2cc(Cl)ccc23)c1. The van der Waals surface area contributed by atoms with Crippen LogP contribution >= 0.6 is 23.2 Å². The first kappa shape index (κ1) is 39.8. The van der Waals surface area contributed by atoms with E-state index in [0.29, 0.717) is 17.9 Å². The van der Waals surface area contributed by atoms with Gasteiger partial charge in [-0.2, -0.15) is 0 Å². The number of ether oxygens (including phenoxy) is 2. The van der Waals surface area contributed by atoms with Crippen LogP contribution in [-0.4, -0.2) is 58.2 Å². The summed E-state index contributed by atoms with van der Waals surface area (Å²) in [5.41, 5.74) is -2.40. The van der Waals surface area contributed by atoms with E-state index in [9.17, 15) is 34.6 Å². The fourth-order valence-electron chi connectivity index (χ4n) is 7.68. The third-order valence-corrected chi connectivity index (χ3v) is 10.3. The maximum Gasteiger partial charge on any atom is 0.338 e. The molecule has 16 heteroatoms. The van der Waals surface area contributed by atoms with E-state index in [-0.39, 0.29) is 52.0 Å². The van der Waals surface area contributed by atoms with Gasteiger partial charge in [-0.15, -0.1) is 0 Å². The Morgan fingerprint density at radius 1 is 1.02 bits per heavy atom. The molecule has 1 unspecified atom stereocenters. The summed E-state index contributed by atoms with van der Waals surface area (Å²) < 4.78 is 26.7. The Bertz CT molecular complexity index is 2200. The smallest absolute Gasteiger partial charge is 0.338 e. The van der Waals surface area contributed by atoms with Gasteiger partial charge in [0.15, 0.2) is 5.78 Å². The maximum atomic E-state index is 16.2. The molecule has 4 aromatic carbocycles. The monoisotopic (exact) mass is 780 g/mol. The van der Waals surface area contributed by atoms with Crippen LogP contribution in [0.1, 0.15) is 69.7 Å². The molecule has 1 amide bonds. The van der Waals surface area contributed by atoms with Gasteiger partial charge < -0.3 is 14.8 Å². The van der Waals surface area contributed by atoms with Gasteiger partial charge in [-0.3, -0.25) is 34.7 Å². The summed E-state index contributed by atoms with van der Waals surface area (Å²) in [5, 5.41) is 28.4. The highest BCUT2D eigenvalue weighted by Crippen LogP contribution is 2.59. The molecular formula is C38H35Cl2FN4O9. The number of esters is 1. The lowest BCUT2D eigenvalue weighted by molar-refractivity contribution is -0.528. The molecule has 2 heterocycles. The van der Waals surface area contributed by atoms with Crippen LogP contribution in [0.3, 0.4) is 0 Å². The summed E-state index contributed by atoms with van der Waals surface area (Å²) in [5.74, 6) is -4.62. The number of hydrogen-bond acceptors (Lipinski definition) is 10. The molecule has 0 saturated carbocycles. The summed E-state index contributed by atoms with van der Waals surface area (Å²) in [7, 11) is 1.10. The van der Waals surface area contributed by atoms with Crippen LogP contribution in [0.2, 0.25) is 10.0 Å². The number of likely N-dealkylation sites (tertiary alicyclic amines) is 1. The number of Topliss-reactive ketones (excluding diaryl/α,β-unsaturated/α-hetero) is 1. The molecule has 0 aromatic heterocycles. The number of nitro benzene ring substituents is 1. The molecule has 4 atom stereocenters. The predicted molar refractivity (Wildman–Crippen MR) is 198 cm³/mol. The van der Waals surface area contributed by atoms with Crippen LogP contribution in [0, 0.1) is 33.0 Å². The average Bonchev–Trinajstić information content (AvgIpc) is 3.55. The number of carbonyl (C=O) groups is 3. The molecule has 1 N–H and O–H groups in total. The minimum absolute atomic E-state index is 0. The normalized spacial score (nSPS) is 20.2. The van der Waals surface area contributed by atoms with Gasteiger partial charge in [0.2, 0.25) is 6.04 Å². The van der Waals surface area contributed by atoms with Crippen molar-refractivity contribution in [1.29, 1.82) is 0 Å². The van der Waals surface area contributed by atoms with Crippen molar-refractivity contribution in [3.8, 4) is 5.75 Å². The molecule has 282 valence electrons. The number of nitrogens with one attached hydrogen (secondary N) is 1. The second-order valence-electron chi connectivity index (χ2n) is 12.6. The number of rotatable bonds is 11. The first-order chi connectivity index (χ1) is 25.2. The van der Waals surface area contributed by atoms with Gasteiger partial charge >= 0.3 is 5.97 Å². The zero-order chi connectivity index (χ0) is 38.4. The Morgan fingerprint density at radius 2 is 1.74 bits per heavy atom. The molecule has 1 fully saturated rings. The molecule has 1 saturated heterocycles. The highest BCUT2D eigenvalue weighted by Gasteiger charge is 2.71. The Balaban J connectivity index is 0.00000561. The van der Waals surface area contributed by atoms with Gasteiger partial charge in [-0.25, -0.2) is 9.18 Å². The van der Waals surface area contributed by atoms with E-state index in [4.69, 9.17) is 32.7 Å². The molecular weight excluding hydrogens is 746 g/mol. The number of methoxy groups -OCH3 is 1.